The Morgan fingerprint density at radius 1 is 0.964 bits per heavy atom. The molecule has 1 atom stereocenters. The number of carbonyl (C=O) groups excluding carboxylic acids is 1. The summed E-state index contributed by atoms with van der Waals surface area (Å²) in [6.45, 7) is 0. The number of phenols is 1. The highest BCUT2D eigenvalue weighted by Crippen LogP contribution is 2.43. The maximum Gasteiger partial charge on any atom is 0.277 e. The van der Waals surface area contributed by atoms with E-state index in [2.05, 4.69) is 10.4 Å². The predicted molar refractivity (Wildman–Crippen MR) is 106 cm³/mol. The average Bonchev–Trinajstić information content (AvgIpc) is 3.04. The second kappa shape index (κ2) is 6.27. The molecule has 3 aromatic rings. The minimum atomic E-state index is -0.451. The number of hydrogen-bond acceptors (Lipinski definition) is 4. The zero-order chi connectivity index (χ0) is 19.3. The van der Waals surface area contributed by atoms with Gasteiger partial charge < -0.3 is 10.4 Å². The first-order valence-electron chi connectivity index (χ1n) is 9.36. The van der Waals surface area contributed by atoms with E-state index in [0.29, 0.717) is 23.4 Å². The van der Waals surface area contributed by atoms with Crippen LogP contribution in [0.15, 0.2) is 70.7 Å². The highest BCUT2D eigenvalue weighted by molar-refractivity contribution is 6.00. The largest absolute Gasteiger partial charge is 0.508 e. The van der Waals surface area contributed by atoms with E-state index >= 15 is 0 Å². The number of anilines is 1. The number of nitrogens with one attached hydrogen (secondary N) is 2. The Bertz CT molecular complexity index is 1150. The number of aromatic nitrogens is 2. The molecule has 2 heterocycles. The number of ketones is 1. The summed E-state index contributed by atoms with van der Waals surface area (Å²) in [6, 6.07) is 16.1. The van der Waals surface area contributed by atoms with Crippen molar-refractivity contribution in [3.8, 4) is 11.4 Å². The molecular formula is C22H19N3O3. The fraction of sp³-hybridized carbons (Fsp3) is 0.182. The van der Waals surface area contributed by atoms with Crippen LogP contribution in [0.1, 0.15) is 36.3 Å². The number of rotatable bonds is 2. The summed E-state index contributed by atoms with van der Waals surface area (Å²) in [4.78, 5) is 26.2. The van der Waals surface area contributed by atoms with Gasteiger partial charge in [-0.2, -0.15) is 0 Å². The summed E-state index contributed by atoms with van der Waals surface area (Å²) in [5, 5.41) is 16.2. The molecule has 1 aliphatic heterocycles. The molecule has 2 aromatic carbocycles. The number of H-pyrrole nitrogens is 1. The molecule has 0 fully saturated rings. The van der Waals surface area contributed by atoms with Crippen LogP contribution in [0, 0.1) is 0 Å². The molecule has 0 unspecified atom stereocenters. The number of benzene rings is 2. The van der Waals surface area contributed by atoms with Gasteiger partial charge in [-0.25, -0.2) is 4.68 Å². The zero-order valence-corrected chi connectivity index (χ0v) is 15.1. The van der Waals surface area contributed by atoms with Crippen LogP contribution >= 0.6 is 0 Å². The van der Waals surface area contributed by atoms with E-state index in [-0.39, 0.29) is 17.1 Å². The van der Waals surface area contributed by atoms with E-state index in [9.17, 15) is 14.7 Å². The predicted octanol–water partition coefficient (Wildman–Crippen LogP) is 3.44. The lowest BCUT2D eigenvalue weighted by Crippen LogP contribution is -2.29. The summed E-state index contributed by atoms with van der Waals surface area (Å²) in [5.41, 5.74) is 3.45. The molecule has 3 N–H and O–H groups in total. The van der Waals surface area contributed by atoms with Crippen LogP contribution in [-0.4, -0.2) is 20.7 Å². The summed E-state index contributed by atoms with van der Waals surface area (Å²) in [6.07, 6.45) is 2.06. The number of hydrogen-bond donors (Lipinski definition) is 3. The first kappa shape index (κ1) is 16.6. The molecule has 6 nitrogen and oxygen atoms in total. The summed E-state index contributed by atoms with van der Waals surface area (Å²) < 4.78 is 1.51. The maximum atomic E-state index is 13.4. The van der Waals surface area contributed by atoms with Crippen LogP contribution in [0.2, 0.25) is 0 Å². The normalized spacial score (nSPS) is 18.4. The number of Topliss-reactive ketones (excluding diaryl/α,β-unsaturated/α-hetero) is 1. The van der Waals surface area contributed by atoms with E-state index in [0.717, 1.165) is 29.8 Å². The van der Waals surface area contributed by atoms with Gasteiger partial charge in [-0.1, -0.05) is 30.3 Å². The molecule has 1 aromatic heterocycles. The van der Waals surface area contributed by atoms with E-state index in [1.165, 1.54) is 4.68 Å². The van der Waals surface area contributed by atoms with Gasteiger partial charge in [-0.05, 0) is 42.7 Å². The quantitative estimate of drug-likeness (QED) is 0.642. The Morgan fingerprint density at radius 2 is 1.71 bits per heavy atom. The number of fused-ring (bicyclic) bond motifs is 1. The Balaban J connectivity index is 1.75. The minimum absolute atomic E-state index is 0.0735. The minimum Gasteiger partial charge on any atom is -0.508 e. The van der Waals surface area contributed by atoms with E-state index in [4.69, 9.17) is 0 Å². The smallest absolute Gasteiger partial charge is 0.277 e. The third-order valence-corrected chi connectivity index (χ3v) is 5.48. The first-order chi connectivity index (χ1) is 13.6. The highest BCUT2D eigenvalue weighted by atomic mass is 16.3. The van der Waals surface area contributed by atoms with Crippen molar-refractivity contribution in [1.82, 2.24) is 9.78 Å². The van der Waals surface area contributed by atoms with Gasteiger partial charge in [-0.3, -0.25) is 14.7 Å². The maximum absolute atomic E-state index is 13.4. The van der Waals surface area contributed by atoms with Crippen LogP contribution in [-0.2, 0) is 4.79 Å². The van der Waals surface area contributed by atoms with Gasteiger partial charge in [0.25, 0.3) is 5.56 Å². The number of carbonyl (C=O) groups is 1. The second-order valence-electron chi connectivity index (χ2n) is 7.20. The van der Waals surface area contributed by atoms with Crippen LogP contribution < -0.4 is 10.9 Å². The summed E-state index contributed by atoms with van der Waals surface area (Å²) in [7, 11) is 0. The van der Waals surface area contributed by atoms with Gasteiger partial charge in [0.05, 0.1) is 11.3 Å². The monoisotopic (exact) mass is 373 g/mol. The fourth-order valence-corrected chi connectivity index (χ4v) is 4.20. The zero-order valence-electron chi connectivity index (χ0n) is 15.1. The molecule has 0 bridgehead atoms. The van der Waals surface area contributed by atoms with Gasteiger partial charge in [0.2, 0.25) is 0 Å². The molecule has 0 spiro atoms. The second-order valence-corrected chi connectivity index (χ2v) is 7.20. The number of aromatic hydroxyl groups is 1. The first-order valence-corrected chi connectivity index (χ1v) is 9.36. The molecule has 2 aliphatic rings. The van der Waals surface area contributed by atoms with Gasteiger partial charge >= 0.3 is 0 Å². The van der Waals surface area contributed by atoms with Crippen molar-refractivity contribution in [3.05, 3.63) is 87.3 Å². The van der Waals surface area contributed by atoms with Gasteiger partial charge in [0.15, 0.2) is 5.78 Å². The Kier molecular flexibility index (Phi) is 3.72. The van der Waals surface area contributed by atoms with Crippen LogP contribution in [0.3, 0.4) is 0 Å². The van der Waals surface area contributed by atoms with Crippen molar-refractivity contribution >= 4 is 11.6 Å². The molecular weight excluding hydrogens is 354 g/mol. The fourth-order valence-electron chi connectivity index (χ4n) is 4.20. The topological polar surface area (TPSA) is 87.1 Å². The van der Waals surface area contributed by atoms with Gasteiger partial charge in [0, 0.05) is 23.6 Å². The molecule has 6 heteroatoms. The molecule has 5 rings (SSSR count). The van der Waals surface area contributed by atoms with Crippen molar-refractivity contribution in [3.63, 3.8) is 0 Å². The third-order valence-electron chi connectivity index (χ3n) is 5.48. The summed E-state index contributed by atoms with van der Waals surface area (Å²) in [5.74, 6) is 0.399. The molecule has 28 heavy (non-hydrogen) atoms. The molecule has 140 valence electrons. The van der Waals surface area contributed by atoms with E-state index in [1.54, 1.807) is 24.3 Å². The SMILES string of the molecule is O=C1CCCC2=C1[C@H](c1ccc(O)cc1)c1c([nH]n(-c3ccccc3)c1=O)N2. The molecule has 0 saturated carbocycles. The number of para-hydroxylation sites is 1. The van der Waals surface area contributed by atoms with Crippen molar-refractivity contribution in [2.75, 3.05) is 5.32 Å². The average molecular weight is 373 g/mol. The van der Waals surface area contributed by atoms with Crippen molar-refractivity contribution < 1.29 is 9.90 Å². The Labute approximate surface area is 161 Å². The van der Waals surface area contributed by atoms with E-state index in [1.807, 2.05) is 30.3 Å². The van der Waals surface area contributed by atoms with Crippen molar-refractivity contribution in [2.24, 2.45) is 0 Å². The van der Waals surface area contributed by atoms with Crippen LogP contribution in [0.5, 0.6) is 5.75 Å². The van der Waals surface area contributed by atoms with Crippen molar-refractivity contribution in [1.29, 1.82) is 0 Å². The lowest BCUT2D eigenvalue weighted by molar-refractivity contribution is -0.116. The molecule has 0 amide bonds. The highest BCUT2D eigenvalue weighted by Gasteiger charge is 2.38. The molecule has 1 aliphatic carbocycles. The number of aromatic amines is 1. The summed E-state index contributed by atoms with van der Waals surface area (Å²) >= 11 is 0. The number of phenolic OH excluding ortho intramolecular Hbond substituents is 1. The number of allylic oxidation sites excluding steroid dienone is 2. The lowest BCUT2D eigenvalue weighted by Gasteiger charge is -2.31. The van der Waals surface area contributed by atoms with Gasteiger partial charge in [0.1, 0.15) is 11.6 Å². The van der Waals surface area contributed by atoms with E-state index < -0.39 is 5.92 Å². The molecule has 0 radical (unpaired) electrons. The third kappa shape index (κ3) is 2.49. The van der Waals surface area contributed by atoms with Crippen LogP contribution in [0.4, 0.5) is 5.82 Å². The van der Waals surface area contributed by atoms with Crippen LogP contribution in [0.25, 0.3) is 5.69 Å². The van der Waals surface area contributed by atoms with Gasteiger partial charge in [-0.15, -0.1) is 0 Å². The molecule has 0 saturated heterocycles. The van der Waals surface area contributed by atoms with Crippen molar-refractivity contribution in [2.45, 2.75) is 25.2 Å². The standard InChI is InChI=1S/C22H19N3O3/c26-15-11-9-13(10-12-15)18-19-16(7-4-8-17(19)27)23-21-20(18)22(28)25(24-21)14-5-2-1-3-6-14/h1-3,5-6,9-12,18,23-24,26H,4,7-8H2/t18-/m0/s1. The lowest BCUT2D eigenvalue weighted by atomic mass is 9.77. The Morgan fingerprint density at radius 3 is 2.46 bits per heavy atom. The number of nitrogens with zero attached hydrogens (tertiary/aromatic N) is 1. The Hall–Kier alpha value is -3.54.